The predicted molar refractivity (Wildman–Crippen MR) is 101 cm³/mol. The number of sulfonamides is 1. The fourth-order valence-corrected chi connectivity index (χ4v) is 4.14. The molecular weight excluding hydrogens is 362 g/mol. The molecule has 1 aromatic heterocycles. The van der Waals surface area contributed by atoms with Gasteiger partial charge in [-0.3, -0.25) is 4.72 Å². The number of hydrogen-bond acceptors (Lipinski definition) is 5. The standard InChI is InChI=1S/C20H17N3O3S/c1-13-2-5-16(18-12-22-20(26-18)15-6-7-15)10-19(13)27(24,25)23-17-8-3-14(11-21)4-9-17/h2-5,8-10,12,15,23H,6-7H2,1H3. The minimum Gasteiger partial charge on any atom is -0.440 e. The second-order valence-electron chi connectivity index (χ2n) is 6.61. The van der Waals surface area contributed by atoms with Gasteiger partial charge in [0.25, 0.3) is 10.0 Å². The Hall–Kier alpha value is -3.11. The number of nitriles is 1. The van der Waals surface area contributed by atoms with Gasteiger partial charge in [0.05, 0.1) is 22.7 Å². The monoisotopic (exact) mass is 379 g/mol. The van der Waals surface area contributed by atoms with Gasteiger partial charge in [0, 0.05) is 17.2 Å². The van der Waals surface area contributed by atoms with Crippen molar-refractivity contribution in [1.29, 1.82) is 5.26 Å². The van der Waals surface area contributed by atoms with Gasteiger partial charge in [0.1, 0.15) is 0 Å². The fraction of sp³-hybridized carbons (Fsp3) is 0.200. The summed E-state index contributed by atoms with van der Waals surface area (Å²) < 4.78 is 34.1. The molecule has 1 aliphatic rings. The molecule has 0 radical (unpaired) electrons. The number of hydrogen-bond donors (Lipinski definition) is 1. The molecule has 136 valence electrons. The van der Waals surface area contributed by atoms with E-state index in [9.17, 15) is 8.42 Å². The Balaban J connectivity index is 1.65. The first-order chi connectivity index (χ1) is 13.0. The maximum absolute atomic E-state index is 12.9. The van der Waals surface area contributed by atoms with Crippen LogP contribution in [-0.4, -0.2) is 13.4 Å². The lowest BCUT2D eigenvalue weighted by molar-refractivity contribution is 0.509. The summed E-state index contributed by atoms with van der Waals surface area (Å²) in [4.78, 5) is 4.47. The lowest BCUT2D eigenvalue weighted by Crippen LogP contribution is -2.14. The number of benzene rings is 2. The second-order valence-corrected chi connectivity index (χ2v) is 8.26. The summed E-state index contributed by atoms with van der Waals surface area (Å²) in [7, 11) is -3.79. The average molecular weight is 379 g/mol. The Labute approximate surface area is 157 Å². The van der Waals surface area contributed by atoms with E-state index in [0.29, 0.717) is 39.9 Å². The maximum atomic E-state index is 12.9. The van der Waals surface area contributed by atoms with Gasteiger partial charge in [-0.05, 0) is 55.7 Å². The van der Waals surface area contributed by atoms with E-state index in [-0.39, 0.29) is 4.90 Å². The van der Waals surface area contributed by atoms with E-state index in [2.05, 4.69) is 9.71 Å². The molecule has 27 heavy (non-hydrogen) atoms. The van der Waals surface area contributed by atoms with Crippen molar-refractivity contribution in [1.82, 2.24) is 4.98 Å². The quantitative estimate of drug-likeness (QED) is 0.717. The highest BCUT2D eigenvalue weighted by atomic mass is 32.2. The highest BCUT2D eigenvalue weighted by Gasteiger charge is 2.29. The number of rotatable bonds is 5. The van der Waals surface area contributed by atoms with Crippen molar-refractivity contribution < 1.29 is 12.8 Å². The summed E-state index contributed by atoms with van der Waals surface area (Å²) in [6.45, 7) is 1.74. The zero-order chi connectivity index (χ0) is 19.0. The van der Waals surface area contributed by atoms with E-state index in [1.54, 1.807) is 49.5 Å². The average Bonchev–Trinajstić information content (AvgIpc) is 3.39. The van der Waals surface area contributed by atoms with Gasteiger partial charge in [-0.2, -0.15) is 5.26 Å². The molecule has 1 heterocycles. The van der Waals surface area contributed by atoms with Crippen LogP contribution in [0.15, 0.2) is 58.0 Å². The summed E-state index contributed by atoms with van der Waals surface area (Å²) in [5.41, 5.74) is 2.16. The van der Waals surface area contributed by atoms with Crippen LogP contribution in [0.1, 0.15) is 35.8 Å². The van der Waals surface area contributed by atoms with Crippen LogP contribution in [0.25, 0.3) is 11.3 Å². The highest BCUT2D eigenvalue weighted by Crippen LogP contribution is 2.40. The van der Waals surface area contributed by atoms with Crippen LogP contribution in [0.5, 0.6) is 0 Å². The molecule has 1 saturated carbocycles. The number of anilines is 1. The van der Waals surface area contributed by atoms with Crippen LogP contribution in [0.4, 0.5) is 5.69 Å². The van der Waals surface area contributed by atoms with Gasteiger partial charge >= 0.3 is 0 Å². The topological polar surface area (TPSA) is 96.0 Å². The Kier molecular flexibility index (Phi) is 4.21. The van der Waals surface area contributed by atoms with Crippen molar-refractivity contribution in [2.45, 2.75) is 30.6 Å². The van der Waals surface area contributed by atoms with E-state index in [4.69, 9.17) is 9.68 Å². The minimum atomic E-state index is -3.79. The van der Waals surface area contributed by atoms with Crippen LogP contribution >= 0.6 is 0 Å². The third-order valence-corrected chi connectivity index (χ3v) is 6.00. The lowest BCUT2D eigenvalue weighted by atomic mass is 10.1. The molecule has 0 spiro atoms. The Morgan fingerprint density at radius 3 is 2.59 bits per heavy atom. The van der Waals surface area contributed by atoms with Gasteiger partial charge in [0.15, 0.2) is 11.7 Å². The van der Waals surface area contributed by atoms with E-state index in [1.165, 1.54) is 0 Å². The van der Waals surface area contributed by atoms with Gasteiger partial charge in [-0.1, -0.05) is 12.1 Å². The van der Waals surface area contributed by atoms with Crippen molar-refractivity contribution in [2.75, 3.05) is 4.72 Å². The third-order valence-electron chi connectivity index (χ3n) is 4.48. The first-order valence-electron chi connectivity index (χ1n) is 8.56. The molecule has 2 aromatic carbocycles. The zero-order valence-electron chi connectivity index (χ0n) is 14.6. The summed E-state index contributed by atoms with van der Waals surface area (Å²) in [6.07, 6.45) is 3.81. The Bertz CT molecular complexity index is 1140. The van der Waals surface area contributed by atoms with E-state index in [1.807, 2.05) is 12.1 Å². The first-order valence-corrected chi connectivity index (χ1v) is 10.0. The third kappa shape index (κ3) is 3.57. The molecule has 3 aromatic rings. The van der Waals surface area contributed by atoms with Crippen LogP contribution in [-0.2, 0) is 10.0 Å². The van der Waals surface area contributed by atoms with Gasteiger partial charge in [-0.15, -0.1) is 0 Å². The molecular formula is C20H17N3O3S. The van der Waals surface area contributed by atoms with Gasteiger partial charge in [-0.25, -0.2) is 13.4 Å². The number of nitrogens with one attached hydrogen (secondary N) is 1. The van der Waals surface area contributed by atoms with Crippen molar-refractivity contribution in [2.24, 2.45) is 0 Å². The Morgan fingerprint density at radius 1 is 1.19 bits per heavy atom. The zero-order valence-corrected chi connectivity index (χ0v) is 15.5. The summed E-state index contributed by atoms with van der Waals surface area (Å²) >= 11 is 0. The van der Waals surface area contributed by atoms with Crippen molar-refractivity contribution in [3.8, 4) is 17.4 Å². The van der Waals surface area contributed by atoms with Crippen LogP contribution in [0.2, 0.25) is 0 Å². The van der Waals surface area contributed by atoms with Crippen LogP contribution in [0, 0.1) is 18.3 Å². The molecule has 6 nitrogen and oxygen atoms in total. The highest BCUT2D eigenvalue weighted by molar-refractivity contribution is 7.92. The van der Waals surface area contributed by atoms with Crippen LogP contribution in [0.3, 0.4) is 0 Å². The fourth-order valence-electron chi connectivity index (χ4n) is 2.81. The number of aromatic nitrogens is 1. The molecule has 1 N–H and O–H groups in total. The minimum absolute atomic E-state index is 0.175. The molecule has 4 rings (SSSR count). The molecule has 0 amide bonds. The molecule has 0 saturated heterocycles. The van der Waals surface area contributed by atoms with E-state index < -0.39 is 10.0 Å². The first kappa shape index (κ1) is 17.3. The maximum Gasteiger partial charge on any atom is 0.262 e. The normalized spacial score (nSPS) is 13.9. The molecule has 0 bridgehead atoms. The molecule has 1 fully saturated rings. The van der Waals surface area contributed by atoms with Crippen molar-refractivity contribution in [3.63, 3.8) is 0 Å². The lowest BCUT2D eigenvalue weighted by Gasteiger charge is -2.11. The predicted octanol–water partition coefficient (Wildman–Crippen LogP) is 4.20. The largest absolute Gasteiger partial charge is 0.440 e. The Morgan fingerprint density at radius 2 is 1.93 bits per heavy atom. The molecule has 0 unspecified atom stereocenters. The number of oxazole rings is 1. The van der Waals surface area contributed by atoms with Crippen LogP contribution < -0.4 is 4.72 Å². The van der Waals surface area contributed by atoms with Crippen molar-refractivity contribution >= 4 is 15.7 Å². The summed E-state index contributed by atoms with van der Waals surface area (Å²) in [6, 6.07) is 13.4. The smallest absolute Gasteiger partial charge is 0.262 e. The second kappa shape index (κ2) is 6.56. The SMILES string of the molecule is Cc1ccc(-c2cnc(C3CC3)o2)cc1S(=O)(=O)Nc1ccc(C#N)cc1. The molecule has 1 aliphatic carbocycles. The number of aryl methyl sites for hydroxylation is 1. The van der Waals surface area contributed by atoms with Gasteiger partial charge in [0.2, 0.25) is 0 Å². The van der Waals surface area contributed by atoms with Crippen molar-refractivity contribution in [3.05, 3.63) is 65.7 Å². The van der Waals surface area contributed by atoms with Gasteiger partial charge < -0.3 is 4.42 Å². The van der Waals surface area contributed by atoms with E-state index >= 15 is 0 Å². The van der Waals surface area contributed by atoms with E-state index in [0.717, 1.165) is 12.8 Å². The summed E-state index contributed by atoms with van der Waals surface area (Å²) in [5.74, 6) is 1.67. The summed E-state index contributed by atoms with van der Waals surface area (Å²) in [5, 5.41) is 8.85. The number of nitrogens with zero attached hydrogens (tertiary/aromatic N) is 2. The molecule has 0 atom stereocenters. The molecule has 7 heteroatoms. The molecule has 0 aliphatic heterocycles.